The Morgan fingerprint density at radius 1 is 1.09 bits per heavy atom. The lowest BCUT2D eigenvalue weighted by Crippen LogP contribution is -2.31. The van der Waals surface area contributed by atoms with Crippen LogP contribution in [-0.2, 0) is 4.74 Å². The molecule has 0 spiro atoms. The summed E-state index contributed by atoms with van der Waals surface area (Å²) in [6.45, 7) is 6.03. The van der Waals surface area contributed by atoms with Gasteiger partial charge in [0.2, 0.25) is 0 Å². The van der Waals surface area contributed by atoms with Crippen molar-refractivity contribution in [2.75, 3.05) is 6.61 Å². The van der Waals surface area contributed by atoms with Gasteiger partial charge in [-0.1, -0.05) is 11.6 Å². The van der Waals surface area contributed by atoms with Crippen molar-refractivity contribution in [1.82, 2.24) is 24.5 Å². The maximum atomic E-state index is 15.0. The lowest BCUT2D eigenvalue weighted by molar-refractivity contribution is 0.00435. The molecule has 174 valence electrons. The zero-order chi connectivity index (χ0) is 24.0. The summed E-state index contributed by atoms with van der Waals surface area (Å²) in [4.78, 5) is 31.8. The quantitative estimate of drug-likeness (QED) is 0.414. The Labute approximate surface area is 200 Å². The number of pyridine rings is 1. The molecule has 1 aromatic carbocycles. The van der Waals surface area contributed by atoms with Gasteiger partial charge in [-0.25, -0.2) is 19.3 Å². The lowest BCUT2D eigenvalue weighted by Gasteiger charge is -2.29. The van der Waals surface area contributed by atoms with Crippen molar-refractivity contribution in [1.29, 1.82) is 0 Å². The molecule has 0 bridgehead atoms. The SMILES string of the molecule is Cc1cc([C@H]2C[C@@H](c3nc4nc(C)c(C)nc4n(-c4ccc(Cl)cc4F)c3=O)CCO2)ccn1. The molecule has 2 atom stereocenters. The van der Waals surface area contributed by atoms with Crippen molar-refractivity contribution in [3.8, 4) is 5.69 Å². The van der Waals surface area contributed by atoms with Gasteiger partial charge in [-0.2, -0.15) is 0 Å². The van der Waals surface area contributed by atoms with E-state index in [1.807, 2.05) is 26.0 Å². The van der Waals surface area contributed by atoms with E-state index >= 15 is 0 Å². The molecule has 4 aromatic rings. The molecule has 9 heteroatoms. The smallest absolute Gasteiger partial charge is 0.278 e. The highest BCUT2D eigenvalue weighted by Crippen LogP contribution is 2.36. The van der Waals surface area contributed by atoms with Crippen molar-refractivity contribution in [2.45, 2.75) is 45.6 Å². The Balaban J connectivity index is 1.68. The summed E-state index contributed by atoms with van der Waals surface area (Å²) in [7, 11) is 0. The first-order chi connectivity index (χ1) is 16.3. The predicted molar refractivity (Wildman–Crippen MR) is 127 cm³/mol. The van der Waals surface area contributed by atoms with Crippen LogP contribution in [0, 0.1) is 26.6 Å². The maximum absolute atomic E-state index is 15.0. The molecule has 0 saturated carbocycles. The zero-order valence-corrected chi connectivity index (χ0v) is 19.8. The average Bonchev–Trinajstić information content (AvgIpc) is 2.81. The van der Waals surface area contributed by atoms with E-state index in [0.29, 0.717) is 42.2 Å². The molecule has 7 nitrogen and oxygen atoms in total. The molecule has 34 heavy (non-hydrogen) atoms. The summed E-state index contributed by atoms with van der Waals surface area (Å²) in [6, 6.07) is 8.11. The number of benzene rings is 1. The fourth-order valence-electron chi connectivity index (χ4n) is 4.37. The van der Waals surface area contributed by atoms with Crippen LogP contribution in [0.1, 0.15) is 53.2 Å². The van der Waals surface area contributed by atoms with Crippen LogP contribution in [0.5, 0.6) is 0 Å². The number of aryl methyl sites for hydroxylation is 3. The molecule has 1 saturated heterocycles. The van der Waals surface area contributed by atoms with Gasteiger partial charge in [0.25, 0.3) is 5.56 Å². The van der Waals surface area contributed by atoms with E-state index < -0.39 is 11.4 Å². The molecule has 0 unspecified atom stereocenters. The van der Waals surface area contributed by atoms with E-state index in [4.69, 9.17) is 16.3 Å². The van der Waals surface area contributed by atoms with Gasteiger partial charge < -0.3 is 4.74 Å². The van der Waals surface area contributed by atoms with Crippen LogP contribution in [-0.4, -0.2) is 31.1 Å². The molecule has 0 N–H and O–H groups in total. The minimum Gasteiger partial charge on any atom is -0.373 e. The van der Waals surface area contributed by atoms with E-state index in [-0.39, 0.29) is 28.4 Å². The van der Waals surface area contributed by atoms with Gasteiger partial charge in [-0.15, -0.1) is 0 Å². The van der Waals surface area contributed by atoms with Gasteiger partial charge in [-0.05, 0) is 69.5 Å². The van der Waals surface area contributed by atoms with E-state index in [2.05, 4.69) is 19.9 Å². The second-order valence-electron chi connectivity index (χ2n) is 8.59. The number of hydrogen-bond acceptors (Lipinski definition) is 6. The molecule has 0 amide bonds. The third-order valence-electron chi connectivity index (χ3n) is 6.24. The topological polar surface area (TPSA) is 82.8 Å². The van der Waals surface area contributed by atoms with Crippen LogP contribution in [0.2, 0.25) is 5.02 Å². The van der Waals surface area contributed by atoms with E-state index in [0.717, 1.165) is 11.3 Å². The fraction of sp³-hybridized carbons (Fsp3) is 0.320. The number of aromatic nitrogens is 5. The molecule has 0 aliphatic carbocycles. The van der Waals surface area contributed by atoms with E-state index in [1.54, 1.807) is 19.2 Å². The van der Waals surface area contributed by atoms with Gasteiger partial charge in [0.05, 0.1) is 23.2 Å². The van der Waals surface area contributed by atoms with Gasteiger partial charge in [0.1, 0.15) is 11.5 Å². The molecule has 4 heterocycles. The minimum atomic E-state index is -0.620. The van der Waals surface area contributed by atoms with Gasteiger partial charge >= 0.3 is 0 Å². The van der Waals surface area contributed by atoms with Crippen LogP contribution < -0.4 is 5.56 Å². The highest BCUT2D eigenvalue weighted by atomic mass is 35.5. The Morgan fingerprint density at radius 3 is 2.65 bits per heavy atom. The Morgan fingerprint density at radius 2 is 1.88 bits per heavy atom. The fourth-order valence-corrected chi connectivity index (χ4v) is 4.53. The van der Waals surface area contributed by atoms with Crippen molar-refractivity contribution in [2.24, 2.45) is 0 Å². The number of halogens is 2. The number of ether oxygens (including phenoxy) is 1. The lowest BCUT2D eigenvalue weighted by atomic mass is 9.89. The number of hydrogen-bond donors (Lipinski definition) is 0. The molecule has 0 radical (unpaired) electrons. The van der Waals surface area contributed by atoms with E-state index in [1.165, 1.54) is 16.7 Å². The first-order valence-electron chi connectivity index (χ1n) is 11.1. The Hall–Kier alpha value is -3.23. The average molecular weight is 480 g/mol. The van der Waals surface area contributed by atoms with Crippen LogP contribution >= 0.6 is 11.6 Å². The van der Waals surface area contributed by atoms with E-state index in [9.17, 15) is 9.18 Å². The van der Waals surface area contributed by atoms with Crippen molar-refractivity contribution >= 4 is 22.9 Å². The predicted octanol–water partition coefficient (Wildman–Crippen LogP) is 4.92. The van der Waals surface area contributed by atoms with Crippen LogP contribution in [0.25, 0.3) is 17.0 Å². The molecule has 1 aliphatic heterocycles. The third kappa shape index (κ3) is 4.08. The molecular weight excluding hydrogens is 457 g/mol. The van der Waals surface area contributed by atoms with Crippen molar-refractivity contribution < 1.29 is 9.13 Å². The summed E-state index contributed by atoms with van der Waals surface area (Å²) in [5.74, 6) is -0.806. The van der Waals surface area contributed by atoms with Crippen LogP contribution in [0.4, 0.5) is 4.39 Å². The van der Waals surface area contributed by atoms with Gasteiger partial charge in [-0.3, -0.25) is 14.3 Å². The summed E-state index contributed by atoms with van der Waals surface area (Å²) < 4.78 is 22.3. The third-order valence-corrected chi connectivity index (χ3v) is 6.48. The number of rotatable bonds is 3. The molecule has 1 fully saturated rings. The van der Waals surface area contributed by atoms with Crippen LogP contribution in [0.15, 0.2) is 41.3 Å². The Bertz CT molecular complexity index is 1470. The summed E-state index contributed by atoms with van der Waals surface area (Å²) in [6.07, 6.45) is 2.75. The second-order valence-corrected chi connectivity index (χ2v) is 9.02. The monoisotopic (exact) mass is 479 g/mol. The normalized spacial score (nSPS) is 18.4. The highest BCUT2D eigenvalue weighted by molar-refractivity contribution is 6.30. The first kappa shape index (κ1) is 22.6. The maximum Gasteiger partial charge on any atom is 0.278 e. The molecule has 5 rings (SSSR count). The zero-order valence-electron chi connectivity index (χ0n) is 19.0. The first-order valence-corrected chi connectivity index (χ1v) is 11.5. The van der Waals surface area contributed by atoms with Gasteiger partial charge in [0, 0.05) is 29.4 Å². The minimum absolute atomic E-state index is 0.0639. The molecule has 3 aromatic heterocycles. The second kappa shape index (κ2) is 8.85. The molecule has 1 aliphatic rings. The summed E-state index contributed by atoms with van der Waals surface area (Å²) in [5, 5.41) is 0.242. The van der Waals surface area contributed by atoms with Crippen molar-refractivity contribution in [3.05, 3.63) is 86.1 Å². The van der Waals surface area contributed by atoms with Gasteiger partial charge in [0.15, 0.2) is 11.3 Å². The standard InChI is InChI=1S/C25H23ClFN5O2/c1-13-10-16(6-8-28-13)21-11-17(7-9-34-21)22-25(33)32(20-5-4-18(26)12-19(20)27)24-23(31-22)29-14(2)15(3)30-24/h4-6,8,10,12,17,21H,7,9,11H2,1-3H3/t17-,21+/m0/s1. The van der Waals surface area contributed by atoms with Crippen molar-refractivity contribution in [3.63, 3.8) is 0 Å². The Kier molecular flexibility index (Phi) is 5.87. The van der Waals surface area contributed by atoms with Crippen LogP contribution in [0.3, 0.4) is 0 Å². The number of nitrogens with zero attached hydrogens (tertiary/aromatic N) is 5. The summed E-state index contributed by atoms with van der Waals surface area (Å²) in [5.41, 5.74) is 3.74. The highest BCUT2D eigenvalue weighted by Gasteiger charge is 2.30. The molecular formula is C25H23ClFN5O2. The largest absolute Gasteiger partial charge is 0.373 e. The summed E-state index contributed by atoms with van der Waals surface area (Å²) >= 11 is 5.96. The number of fused-ring (bicyclic) bond motifs is 1.